The van der Waals surface area contributed by atoms with Gasteiger partial charge in [0.2, 0.25) is 0 Å². The number of hydrogen-bond acceptors (Lipinski definition) is 5. The van der Waals surface area contributed by atoms with Crippen molar-refractivity contribution in [3.8, 4) is 0 Å². The summed E-state index contributed by atoms with van der Waals surface area (Å²) in [7, 11) is 0. The van der Waals surface area contributed by atoms with Gasteiger partial charge in [0.25, 0.3) is 0 Å². The van der Waals surface area contributed by atoms with Crippen molar-refractivity contribution in [2.24, 2.45) is 5.92 Å². The zero-order valence-corrected chi connectivity index (χ0v) is 15.3. The fourth-order valence-electron chi connectivity index (χ4n) is 3.68. The summed E-state index contributed by atoms with van der Waals surface area (Å²) in [6.45, 7) is 3.76. The average molecular weight is 353 g/mol. The number of fused-ring (bicyclic) bond motifs is 3. The fraction of sp³-hybridized carbons (Fsp3) is 0.400. The third-order valence-corrected chi connectivity index (χ3v) is 6.12. The predicted octanol–water partition coefficient (Wildman–Crippen LogP) is 3.82. The molecule has 0 amide bonds. The van der Waals surface area contributed by atoms with Crippen molar-refractivity contribution in [3.05, 3.63) is 52.7 Å². The SMILES string of the molecule is C[C@H]1CCc2c(sc3ncnc(N(CCO)Cc4ccccc4)c23)C1. The molecule has 0 bridgehead atoms. The molecule has 0 saturated heterocycles. The standard InChI is InChI=1S/C20H23N3OS/c1-14-7-8-16-17(11-14)25-20-18(16)19(21-13-22-20)23(9-10-24)12-15-5-3-2-4-6-15/h2-6,13-14,24H,7-12H2,1H3/t14-/m0/s1. The van der Waals surface area contributed by atoms with Crippen LogP contribution in [-0.4, -0.2) is 28.2 Å². The van der Waals surface area contributed by atoms with E-state index in [0.717, 1.165) is 36.0 Å². The van der Waals surface area contributed by atoms with E-state index < -0.39 is 0 Å². The van der Waals surface area contributed by atoms with Crippen molar-refractivity contribution in [3.63, 3.8) is 0 Å². The zero-order chi connectivity index (χ0) is 17.2. The Kier molecular flexibility index (Phi) is 4.68. The van der Waals surface area contributed by atoms with Gasteiger partial charge in [0, 0.05) is 18.0 Å². The second-order valence-corrected chi connectivity index (χ2v) is 7.94. The summed E-state index contributed by atoms with van der Waals surface area (Å²) in [4.78, 5) is 13.9. The number of aliphatic hydroxyl groups is 1. The Labute approximate surface area is 152 Å². The predicted molar refractivity (Wildman–Crippen MR) is 103 cm³/mol. The molecule has 4 nitrogen and oxygen atoms in total. The van der Waals surface area contributed by atoms with Gasteiger partial charge in [-0.15, -0.1) is 11.3 Å². The highest BCUT2D eigenvalue weighted by Gasteiger charge is 2.24. The van der Waals surface area contributed by atoms with Crippen LogP contribution < -0.4 is 4.90 Å². The van der Waals surface area contributed by atoms with E-state index >= 15 is 0 Å². The molecule has 1 aliphatic carbocycles. The van der Waals surface area contributed by atoms with Crippen LogP contribution in [0.1, 0.15) is 29.3 Å². The van der Waals surface area contributed by atoms with Crippen LogP contribution in [0.3, 0.4) is 0 Å². The van der Waals surface area contributed by atoms with Crippen molar-refractivity contribution in [2.45, 2.75) is 32.7 Å². The maximum Gasteiger partial charge on any atom is 0.141 e. The normalized spacial score (nSPS) is 16.8. The minimum Gasteiger partial charge on any atom is -0.395 e. The van der Waals surface area contributed by atoms with Crippen molar-refractivity contribution >= 4 is 27.4 Å². The molecule has 0 fully saturated rings. The lowest BCUT2D eigenvalue weighted by molar-refractivity contribution is 0.301. The number of benzene rings is 1. The van der Waals surface area contributed by atoms with Gasteiger partial charge in [-0.1, -0.05) is 37.3 Å². The largest absolute Gasteiger partial charge is 0.395 e. The zero-order valence-electron chi connectivity index (χ0n) is 14.5. The first-order valence-electron chi connectivity index (χ1n) is 8.91. The number of nitrogens with zero attached hydrogens (tertiary/aromatic N) is 3. The molecular formula is C20H23N3OS. The van der Waals surface area contributed by atoms with Crippen LogP contribution >= 0.6 is 11.3 Å². The van der Waals surface area contributed by atoms with Gasteiger partial charge in [-0.2, -0.15) is 0 Å². The highest BCUT2D eigenvalue weighted by molar-refractivity contribution is 7.19. The Morgan fingerprint density at radius 3 is 2.88 bits per heavy atom. The minimum absolute atomic E-state index is 0.113. The monoisotopic (exact) mass is 353 g/mol. The first-order valence-corrected chi connectivity index (χ1v) is 9.73. The van der Waals surface area contributed by atoms with Crippen LogP contribution in [0.2, 0.25) is 0 Å². The summed E-state index contributed by atoms with van der Waals surface area (Å²) in [5.74, 6) is 1.71. The summed E-state index contributed by atoms with van der Waals surface area (Å²) < 4.78 is 0. The Balaban J connectivity index is 1.78. The van der Waals surface area contributed by atoms with Gasteiger partial charge in [0.15, 0.2) is 0 Å². The molecule has 5 heteroatoms. The molecule has 0 spiro atoms. The van der Waals surface area contributed by atoms with E-state index in [1.807, 2.05) is 17.4 Å². The molecule has 0 saturated carbocycles. The molecule has 0 aliphatic heterocycles. The van der Waals surface area contributed by atoms with E-state index in [9.17, 15) is 5.11 Å². The second kappa shape index (κ2) is 7.10. The van der Waals surface area contributed by atoms with E-state index in [1.54, 1.807) is 6.33 Å². The Morgan fingerprint density at radius 2 is 2.08 bits per heavy atom. The van der Waals surface area contributed by atoms with Crippen LogP contribution in [0.4, 0.5) is 5.82 Å². The van der Waals surface area contributed by atoms with Crippen LogP contribution in [-0.2, 0) is 19.4 Å². The summed E-state index contributed by atoms with van der Waals surface area (Å²) in [6.07, 6.45) is 5.15. The van der Waals surface area contributed by atoms with Crippen molar-refractivity contribution in [2.75, 3.05) is 18.1 Å². The van der Waals surface area contributed by atoms with Gasteiger partial charge in [-0.3, -0.25) is 0 Å². The van der Waals surface area contributed by atoms with Gasteiger partial charge in [0.1, 0.15) is 17.0 Å². The molecule has 1 atom stereocenters. The Morgan fingerprint density at radius 1 is 1.24 bits per heavy atom. The van der Waals surface area contributed by atoms with E-state index in [1.165, 1.54) is 27.8 Å². The van der Waals surface area contributed by atoms with Crippen molar-refractivity contribution in [1.29, 1.82) is 0 Å². The van der Waals surface area contributed by atoms with E-state index in [4.69, 9.17) is 0 Å². The Bertz CT molecular complexity index is 862. The molecule has 1 N–H and O–H groups in total. The van der Waals surface area contributed by atoms with Gasteiger partial charge < -0.3 is 10.0 Å². The molecule has 25 heavy (non-hydrogen) atoms. The van der Waals surface area contributed by atoms with Crippen LogP contribution in [0.25, 0.3) is 10.2 Å². The molecule has 2 aromatic heterocycles. The molecule has 130 valence electrons. The summed E-state index contributed by atoms with van der Waals surface area (Å²) in [5.41, 5.74) is 2.66. The number of aliphatic hydroxyl groups excluding tert-OH is 1. The molecule has 0 radical (unpaired) electrons. The number of thiophene rings is 1. The first-order chi connectivity index (χ1) is 12.3. The van der Waals surface area contributed by atoms with Crippen LogP contribution in [0, 0.1) is 5.92 Å². The quantitative estimate of drug-likeness (QED) is 0.758. The lowest BCUT2D eigenvalue weighted by Gasteiger charge is -2.25. The molecule has 2 heterocycles. The highest BCUT2D eigenvalue weighted by Crippen LogP contribution is 2.40. The van der Waals surface area contributed by atoms with E-state index in [2.05, 4.69) is 46.1 Å². The number of aryl methyl sites for hydroxylation is 1. The second-order valence-electron chi connectivity index (χ2n) is 6.86. The van der Waals surface area contributed by atoms with E-state index in [-0.39, 0.29) is 6.61 Å². The maximum absolute atomic E-state index is 9.59. The molecule has 3 aromatic rings. The summed E-state index contributed by atoms with van der Waals surface area (Å²) in [6, 6.07) is 10.4. The lowest BCUT2D eigenvalue weighted by Crippen LogP contribution is -2.27. The minimum atomic E-state index is 0.113. The van der Waals surface area contributed by atoms with Crippen molar-refractivity contribution in [1.82, 2.24) is 9.97 Å². The fourth-order valence-corrected chi connectivity index (χ4v) is 5.03. The first kappa shape index (κ1) is 16.5. The molecular weight excluding hydrogens is 330 g/mol. The molecule has 0 unspecified atom stereocenters. The van der Waals surface area contributed by atoms with Gasteiger partial charge >= 0.3 is 0 Å². The van der Waals surface area contributed by atoms with Gasteiger partial charge in [-0.25, -0.2) is 9.97 Å². The topological polar surface area (TPSA) is 49.2 Å². The number of rotatable bonds is 5. The number of hydrogen-bond donors (Lipinski definition) is 1. The van der Waals surface area contributed by atoms with Gasteiger partial charge in [-0.05, 0) is 36.3 Å². The highest BCUT2D eigenvalue weighted by atomic mass is 32.1. The summed E-state index contributed by atoms with van der Waals surface area (Å²) >= 11 is 1.82. The van der Waals surface area contributed by atoms with Crippen LogP contribution in [0.15, 0.2) is 36.7 Å². The van der Waals surface area contributed by atoms with E-state index in [0.29, 0.717) is 6.54 Å². The number of aromatic nitrogens is 2. The molecule has 1 aromatic carbocycles. The third kappa shape index (κ3) is 3.26. The average Bonchev–Trinajstić information content (AvgIpc) is 2.99. The molecule has 1 aliphatic rings. The third-order valence-electron chi connectivity index (χ3n) is 4.96. The lowest BCUT2D eigenvalue weighted by atomic mass is 9.89. The Hall–Kier alpha value is -1.98. The maximum atomic E-state index is 9.59. The van der Waals surface area contributed by atoms with Crippen LogP contribution in [0.5, 0.6) is 0 Å². The number of anilines is 1. The van der Waals surface area contributed by atoms with Gasteiger partial charge in [0.05, 0.1) is 12.0 Å². The summed E-state index contributed by atoms with van der Waals surface area (Å²) in [5, 5.41) is 10.8. The van der Waals surface area contributed by atoms with Crippen molar-refractivity contribution < 1.29 is 5.11 Å². The molecule has 4 rings (SSSR count). The smallest absolute Gasteiger partial charge is 0.141 e.